The first-order valence-electron chi connectivity index (χ1n) is 11.5. The van der Waals surface area contributed by atoms with Crippen LogP contribution in [0, 0.1) is 0 Å². The summed E-state index contributed by atoms with van der Waals surface area (Å²) in [4.78, 5) is 16.7. The van der Waals surface area contributed by atoms with Crippen LogP contribution < -0.4 is 15.0 Å². The van der Waals surface area contributed by atoms with Gasteiger partial charge in [0.2, 0.25) is 0 Å². The molecule has 0 spiro atoms. The fourth-order valence-corrected chi connectivity index (χ4v) is 3.97. The molecule has 7 heteroatoms. The first-order chi connectivity index (χ1) is 16.2. The Morgan fingerprint density at radius 1 is 0.970 bits per heavy atom. The van der Waals surface area contributed by atoms with Crippen LogP contribution in [-0.2, 0) is 6.42 Å². The van der Waals surface area contributed by atoms with E-state index in [0.29, 0.717) is 26.2 Å². The van der Waals surface area contributed by atoms with Gasteiger partial charge in [0.25, 0.3) is 0 Å². The number of anilines is 2. The van der Waals surface area contributed by atoms with Crippen molar-refractivity contribution < 1.29 is 9.53 Å². The maximum atomic E-state index is 12.7. The van der Waals surface area contributed by atoms with Gasteiger partial charge in [0.15, 0.2) is 5.82 Å². The van der Waals surface area contributed by atoms with Crippen LogP contribution in [0.25, 0.3) is 11.3 Å². The number of carbonyl (C=O) groups is 1. The van der Waals surface area contributed by atoms with E-state index in [1.807, 2.05) is 53.4 Å². The third kappa shape index (κ3) is 5.61. The van der Waals surface area contributed by atoms with Gasteiger partial charge in [-0.05, 0) is 54.8 Å². The van der Waals surface area contributed by atoms with Gasteiger partial charge in [-0.1, -0.05) is 37.6 Å². The number of unbranched alkanes of at least 4 members (excludes halogenated alkanes) is 1. The lowest BCUT2D eigenvalue weighted by Crippen LogP contribution is -2.50. The van der Waals surface area contributed by atoms with E-state index in [1.54, 1.807) is 7.11 Å². The lowest BCUT2D eigenvalue weighted by molar-refractivity contribution is 0.208. The molecule has 2 aromatic carbocycles. The summed E-state index contributed by atoms with van der Waals surface area (Å²) in [7, 11) is 1.65. The number of piperazine rings is 1. The summed E-state index contributed by atoms with van der Waals surface area (Å²) < 4.78 is 5.42. The van der Waals surface area contributed by atoms with Crippen LogP contribution >= 0.6 is 0 Å². The molecule has 0 bridgehead atoms. The van der Waals surface area contributed by atoms with Gasteiger partial charge >= 0.3 is 6.03 Å². The second-order valence-electron chi connectivity index (χ2n) is 8.18. The lowest BCUT2D eigenvalue weighted by atomic mass is 10.1. The Morgan fingerprint density at radius 3 is 2.39 bits per heavy atom. The second kappa shape index (κ2) is 10.8. The molecular weight excluding hydrogens is 414 g/mol. The van der Waals surface area contributed by atoms with Gasteiger partial charge in [0.1, 0.15) is 5.75 Å². The largest absolute Gasteiger partial charge is 0.496 e. The summed E-state index contributed by atoms with van der Waals surface area (Å²) in [6.07, 6.45) is 3.45. The van der Waals surface area contributed by atoms with Crippen molar-refractivity contribution in [2.45, 2.75) is 26.2 Å². The summed E-state index contributed by atoms with van der Waals surface area (Å²) in [6.45, 7) is 4.89. The molecule has 1 saturated heterocycles. The number of rotatable bonds is 7. The standard InChI is InChI=1S/C26H31N5O2/c1-3-4-7-20-10-12-21(13-11-20)27-26(32)31-18-16-30(17-19-31)25-15-14-23(28-29-25)22-8-5-6-9-24(22)33-2/h5-6,8-15H,3-4,7,16-19H2,1-2H3,(H,27,32). The van der Waals surface area contributed by atoms with E-state index in [0.717, 1.165) is 34.9 Å². The van der Waals surface area contributed by atoms with Crippen LogP contribution in [0.1, 0.15) is 25.3 Å². The lowest BCUT2D eigenvalue weighted by Gasteiger charge is -2.35. The topological polar surface area (TPSA) is 70.6 Å². The number of amides is 2. The number of nitrogens with one attached hydrogen (secondary N) is 1. The normalized spacial score (nSPS) is 13.6. The number of hydrogen-bond donors (Lipinski definition) is 1. The number of aryl methyl sites for hydroxylation is 1. The molecule has 0 radical (unpaired) electrons. The van der Waals surface area contributed by atoms with Crippen molar-refractivity contribution in [3.63, 3.8) is 0 Å². The average molecular weight is 446 g/mol. The summed E-state index contributed by atoms with van der Waals surface area (Å²) in [5, 5.41) is 11.8. The van der Waals surface area contributed by atoms with Crippen molar-refractivity contribution in [1.29, 1.82) is 0 Å². The zero-order valence-electron chi connectivity index (χ0n) is 19.3. The SMILES string of the molecule is CCCCc1ccc(NC(=O)N2CCN(c3ccc(-c4ccccc4OC)nn3)CC2)cc1. The number of nitrogens with zero attached hydrogens (tertiary/aromatic N) is 4. The number of urea groups is 1. The van der Waals surface area contributed by atoms with Crippen LogP contribution in [0.2, 0.25) is 0 Å². The molecule has 1 N–H and O–H groups in total. The van der Waals surface area contributed by atoms with E-state index in [-0.39, 0.29) is 6.03 Å². The molecule has 0 saturated carbocycles. The molecule has 1 aliphatic heterocycles. The molecule has 1 aliphatic rings. The van der Waals surface area contributed by atoms with Gasteiger partial charge < -0.3 is 19.9 Å². The van der Waals surface area contributed by atoms with Crippen molar-refractivity contribution in [3.05, 3.63) is 66.2 Å². The number of benzene rings is 2. The fraction of sp³-hybridized carbons (Fsp3) is 0.346. The smallest absolute Gasteiger partial charge is 0.321 e. The summed E-state index contributed by atoms with van der Waals surface area (Å²) in [6, 6.07) is 19.8. The Kier molecular flexibility index (Phi) is 7.40. The van der Waals surface area contributed by atoms with E-state index < -0.39 is 0 Å². The van der Waals surface area contributed by atoms with Crippen LogP contribution in [0.3, 0.4) is 0 Å². The Morgan fingerprint density at radius 2 is 1.73 bits per heavy atom. The summed E-state index contributed by atoms with van der Waals surface area (Å²) in [5.41, 5.74) is 3.83. The third-order valence-corrected chi connectivity index (χ3v) is 5.95. The van der Waals surface area contributed by atoms with E-state index in [9.17, 15) is 4.79 Å². The molecule has 2 amide bonds. The molecule has 7 nitrogen and oxygen atoms in total. The quantitative estimate of drug-likeness (QED) is 0.563. The molecule has 3 aromatic rings. The molecule has 0 atom stereocenters. The Labute approximate surface area is 195 Å². The zero-order valence-corrected chi connectivity index (χ0v) is 19.3. The third-order valence-electron chi connectivity index (χ3n) is 5.95. The fourth-order valence-electron chi connectivity index (χ4n) is 3.97. The molecule has 0 aliphatic carbocycles. The van der Waals surface area contributed by atoms with Crippen molar-refractivity contribution in [3.8, 4) is 17.0 Å². The highest BCUT2D eigenvalue weighted by molar-refractivity contribution is 5.89. The minimum absolute atomic E-state index is 0.0615. The molecule has 33 heavy (non-hydrogen) atoms. The van der Waals surface area contributed by atoms with Gasteiger partial charge in [-0.2, -0.15) is 0 Å². The molecular formula is C26H31N5O2. The minimum atomic E-state index is -0.0615. The zero-order chi connectivity index (χ0) is 23.0. The number of carbonyl (C=O) groups excluding carboxylic acids is 1. The highest BCUT2D eigenvalue weighted by Crippen LogP contribution is 2.28. The molecule has 4 rings (SSSR count). The maximum absolute atomic E-state index is 12.7. The van der Waals surface area contributed by atoms with Crippen LogP contribution in [0.4, 0.5) is 16.3 Å². The van der Waals surface area contributed by atoms with Crippen molar-refractivity contribution in [1.82, 2.24) is 15.1 Å². The molecule has 1 fully saturated rings. The monoisotopic (exact) mass is 445 g/mol. The molecule has 1 aromatic heterocycles. The number of para-hydroxylation sites is 1. The second-order valence-corrected chi connectivity index (χ2v) is 8.18. The van der Waals surface area contributed by atoms with Crippen LogP contribution in [0.15, 0.2) is 60.7 Å². The predicted octanol–water partition coefficient (Wildman–Crippen LogP) is 4.85. The van der Waals surface area contributed by atoms with Gasteiger partial charge in [0, 0.05) is 37.4 Å². The highest BCUT2D eigenvalue weighted by Gasteiger charge is 2.22. The number of aromatic nitrogens is 2. The van der Waals surface area contributed by atoms with Gasteiger partial charge in [-0.3, -0.25) is 0 Å². The molecule has 2 heterocycles. The van der Waals surface area contributed by atoms with E-state index in [4.69, 9.17) is 4.74 Å². The van der Waals surface area contributed by atoms with Gasteiger partial charge in [-0.25, -0.2) is 4.79 Å². The van der Waals surface area contributed by atoms with Crippen molar-refractivity contribution >= 4 is 17.5 Å². The Bertz CT molecular complexity index is 1050. The van der Waals surface area contributed by atoms with Gasteiger partial charge in [0.05, 0.1) is 12.8 Å². The average Bonchev–Trinajstić information content (AvgIpc) is 2.88. The minimum Gasteiger partial charge on any atom is -0.496 e. The van der Waals surface area contributed by atoms with E-state index >= 15 is 0 Å². The van der Waals surface area contributed by atoms with Crippen LogP contribution in [-0.4, -0.2) is 54.4 Å². The van der Waals surface area contributed by atoms with Crippen LogP contribution in [0.5, 0.6) is 5.75 Å². The Hall–Kier alpha value is -3.61. The van der Waals surface area contributed by atoms with E-state index in [2.05, 4.69) is 39.5 Å². The summed E-state index contributed by atoms with van der Waals surface area (Å²) >= 11 is 0. The molecule has 172 valence electrons. The van der Waals surface area contributed by atoms with E-state index in [1.165, 1.54) is 18.4 Å². The number of hydrogen-bond acceptors (Lipinski definition) is 5. The first-order valence-corrected chi connectivity index (χ1v) is 11.5. The van der Waals surface area contributed by atoms with Crippen molar-refractivity contribution in [2.24, 2.45) is 0 Å². The molecule has 0 unspecified atom stereocenters. The predicted molar refractivity (Wildman–Crippen MR) is 132 cm³/mol. The highest BCUT2D eigenvalue weighted by atomic mass is 16.5. The first kappa shape index (κ1) is 22.6. The maximum Gasteiger partial charge on any atom is 0.321 e. The van der Waals surface area contributed by atoms with Crippen molar-refractivity contribution in [2.75, 3.05) is 43.5 Å². The van der Waals surface area contributed by atoms with Gasteiger partial charge in [-0.15, -0.1) is 10.2 Å². The summed E-state index contributed by atoms with van der Waals surface area (Å²) in [5.74, 6) is 1.59. The number of ether oxygens (including phenoxy) is 1. The number of methoxy groups -OCH3 is 1. The Balaban J connectivity index is 1.30.